The number of hydrogen-bond acceptors (Lipinski definition) is 5. The Morgan fingerprint density at radius 2 is 1.93 bits per heavy atom. The molecule has 4 nitrogen and oxygen atoms in total. The van der Waals surface area contributed by atoms with Crippen LogP contribution < -0.4 is 5.73 Å². The molecule has 2 aromatic rings. The maximum Gasteiger partial charge on any atom is 0.223 e. The third-order valence-corrected chi connectivity index (χ3v) is 2.42. The van der Waals surface area contributed by atoms with Gasteiger partial charge in [0, 0.05) is 5.56 Å². The minimum atomic E-state index is -0.139. The van der Waals surface area contributed by atoms with E-state index < -0.39 is 0 Å². The Balaban J connectivity index is 2.34. The summed E-state index contributed by atoms with van der Waals surface area (Å²) < 4.78 is 0. The van der Waals surface area contributed by atoms with Crippen LogP contribution in [-0.2, 0) is 0 Å². The van der Waals surface area contributed by atoms with E-state index in [-0.39, 0.29) is 5.78 Å². The van der Waals surface area contributed by atoms with Crippen LogP contribution in [0.3, 0.4) is 0 Å². The quantitative estimate of drug-likeness (QED) is 0.751. The molecule has 5 heteroatoms. The van der Waals surface area contributed by atoms with Crippen LogP contribution in [0.1, 0.15) is 15.4 Å². The van der Waals surface area contributed by atoms with Gasteiger partial charge in [-0.25, -0.2) is 0 Å². The zero-order valence-electron chi connectivity index (χ0n) is 7.18. The van der Waals surface area contributed by atoms with Crippen molar-refractivity contribution in [1.29, 1.82) is 0 Å². The molecule has 0 unspecified atom stereocenters. The summed E-state index contributed by atoms with van der Waals surface area (Å²) in [5.74, 6) is -0.139. The summed E-state index contributed by atoms with van der Waals surface area (Å²) in [6, 6.07) is 8.93. The first-order valence-corrected chi connectivity index (χ1v) is 4.78. The SMILES string of the molecule is Nc1nnc(C(=O)c2ccccc2)s1. The fraction of sp³-hybridized carbons (Fsp3) is 0. The smallest absolute Gasteiger partial charge is 0.223 e. The normalized spacial score (nSPS) is 10.0. The molecule has 1 aromatic carbocycles. The van der Waals surface area contributed by atoms with Crippen molar-refractivity contribution < 1.29 is 4.79 Å². The van der Waals surface area contributed by atoms with Gasteiger partial charge in [0.2, 0.25) is 10.9 Å². The summed E-state index contributed by atoms with van der Waals surface area (Å²) >= 11 is 1.10. The first-order chi connectivity index (χ1) is 6.77. The van der Waals surface area contributed by atoms with Gasteiger partial charge in [-0.15, -0.1) is 10.2 Å². The number of benzene rings is 1. The third-order valence-electron chi connectivity index (χ3n) is 1.67. The van der Waals surface area contributed by atoms with E-state index in [0.29, 0.717) is 15.7 Å². The van der Waals surface area contributed by atoms with Gasteiger partial charge in [0.25, 0.3) is 0 Å². The number of aromatic nitrogens is 2. The highest BCUT2D eigenvalue weighted by molar-refractivity contribution is 7.17. The van der Waals surface area contributed by atoms with Crippen molar-refractivity contribution in [1.82, 2.24) is 10.2 Å². The van der Waals surface area contributed by atoms with Crippen LogP contribution in [0, 0.1) is 0 Å². The topological polar surface area (TPSA) is 68.9 Å². The van der Waals surface area contributed by atoms with Crippen molar-refractivity contribution in [2.45, 2.75) is 0 Å². The lowest BCUT2D eigenvalue weighted by Crippen LogP contribution is -1.99. The molecule has 70 valence electrons. The molecule has 14 heavy (non-hydrogen) atoms. The molecule has 2 N–H and O–H groups in total. The summed E-state index contributed by atoms with van der Waals surface area (Å²) in [6.45, 7) is 0. The monoisotopic (exact) mass is 205 g/mol. The van der Waals surface area contributed by atoms with Crippen molar-refractivity contribution >= 4 is 22.3 Å². The van der Waals surface area contributed by atoms with Crippen LogP contribution in [0.25, 0.3) is 0 Å². The third kappa shape index (κ3) is 1.62. The Hall–Kier alpha value is -1.75. The lowest BCUT2D eigenvalue weighted by molar-refractivity contribution is 0.103. The largest absolute Gasteiger partial charge is 0.374 e. The standard InChI is InChI=1S/C9H7N3OS/c10-9-12-11-8(14-9)7(13)6-4-2-1-3-5-6/h1-5H,(H2,10,12). The van der Waals surface area contributed by atoms with E-state index in [4.69, 9.17) is 5.73 Å². The Kier molecular flexibility index (Phi) is 2.24. The number of hydrogen-bond donors (Lipinski definition) is 1. The molecular weight excluding hydrogens is 198 g/mol. The van der Waals surface area contributed by atoms with Gasteiger partial charge in [0.15, 0.2) is 5.01 Å². The van der Waals surface area contributed by atoms with E-state index in [2.05, 4.69) is 10.2 Å². The summed E-state index contributed by atoms with van der Waals surface area (Å²) in [7, 11) is 0. The lowest BCUT2D eigenvalue weighted by Gasteiger charge is -1.93. The fourth-order valence-corrected chi connectivity index (χ4v) is 1.61. The van der Waals surface area contributed by atoms with Crippen molar-refractivity contribution in [3.8, 4) is 0 Å². The van der Waals surface area contributed by atoms with Gasteiger partial charge in [-0.3, -0.25) is 4.79 Å². The molecule has 0 atom stereocenters. The highest BCUT2D eigenvalue weighted by Crippen LogP contribution is 2.15. The van der Waals surface area contributed by atoms with Crippen LogP contribution in [0.2, 0.25) is 0 Å². The maximum absolute atomic E-state index is 11.7. The average Bonchev–Trinajstić information content (AvgIpc) is 2.65. The van der Waals surface area contributed by atoms with Crippen molar-refractivity contribution in [2.24, 2.45) is 0 Å². The predicted molar refractivity (Wildman–Crippen MR) is 54.2 cm³/mol. The molecule has 0 aliphatic carbocycles. The molecular formula is C9H7N3OS. The van der Waals surface area contributed by atoms with Crippen LogP contribution in [0.4, 0.5) is 5.13 Å². The Morgan fingerprint density at radius 3 is 2.50 bits per heavy atom. The molecule has 0 radical (unpaired) electrons. The number of rotatable bonds is 2. The molecule has 2 rings (SSSR count). The van der Waals surface area contributed by atoms with E-state index in [1.807, 2.05) is 6.07 Å². The van der Waals surface area contributed by atoms with E-state index in [9.17, 15) is 4.79 Å². The van der Waals surface area contributed by atoms with Crippen LogP contribution in [-0.4, -0.2) is 16.0 Å². The van der Waals surface area contributed by atoms with E-state index in [0.717, 1.165) is 11.3 Å². The average molecular weight is 205 g/mol. The molecule has 0 bridgehead atoms. The van der Waals surface area contributed by atoms with Gasteiger partial charge in [-0.1, -0.05) is 41.7 Å². The highest BCUT2D eigenvalue weighted by Gasteiger charge is 2.13. The lowest BCUT2D eigenvalue weighted by atomic mass is 10.1. The maximum atomic E-state index is 11.7. The number of carbonyl (C=O) groups is 1. The molecule has 1 heterocycles. The molecule has 1 aromatic heterocycles. The molecule has 0 amide bonds. The number of nitrogens with two attached hydrogens (primary N) is 1. The van der Waals surface area contributed by atoms with E-state index in [1.165, 1.54) is 0 Å². The second-order valence-electron chi connectivity index (χ2n) is 2.64. The summed E-state index contributed by atoms with van der Waals surface area (Å²) in [4.78, 5) is 11.7. The van der Waals surface area contributed by atoms with Crippen LogP contribution >= 0.6 is 11.3 Å². The number of nitrogens with zero attached hydrogens (tertiary/aromatic N) is 2. The van der Waals surface area contributed by atoms with Crippen molar-refractivity contribution in [3.63, 3.8) is 0 Å². The van der Waals surface area contributed by atoms with Crippen LogP contribution in [0.15, 0.2) is 30.3 Å². The fourth-order valence-electron chi connectivity index (χ4n) is 1.04. The van der Waals surface area contributed by atoms with Gasteiger partial charge < -0.3 is 5.73 Å². The molecule has 0 saturated carbocycles. The van der Waals surface area contributed by atoms with Crippen LogP contribution in [0.5, 0.6) is 0 Å². The second-order valence-corrected chi connectivity index (χ2v) is 3.65. The first-order valence-electron chi connectivity index (χ1n) is 3.96. The zero-order chi connectivity index (χ0) is 9.97. The molecule has 0 aliphatic heterocycles. The minimum absolute atomic E-state index is 0.139. The molecule has 0 spiro atoms. The number of anilines is 1. The summed E-state index contributed by atoms with van der Waals surface area (Å²) in [5, 5.41) is 7.91. The Bertz CT molecular complexity index is 452. The molecule has 0 saturated heterocycles. The van der Waals surface area contributed by atoms with Gasteiger partial charge in [-0.2, -0.15) is 0 Å². The van der Waals surface area contributed by atoms with Gasteiger partial charge in [0.1, 0.15) is 0 Å². The molecule has 0 aliphatic rings. The summed E-state index contributed by atoms with van der Waals surface area (Å²) in [6.07, 6.45) is 0. The number of ketones is 1. The zero-order valence-corrected chi connectivity index (χ0v) is 7.99. The van der Waals surface area contributed by atoms with Gasteiger partial charge in [0.05, 0.1) is 0 Å². The van der Waals surface area contributed by atoms with Gasteiger partial charge >= 0.3 is 0 Å². The Labute approximate surface area is 84.4 Å². The Morgan fingerprint density at radius 1 is 1.21 bits per heavy atom. The van der Waals surface area contributed by atoms with E-state index >= 15 is 0 Å². The number of carbonyl (C=O) groups excluding carboxylic acids is 1. The van der Waals surface area contributed by atoms with Gasteiger partial charge in [-0.05, 0) is 0 Å². The highest BCUT2D eigenvalue weighted by atomic mass is 32.1. The van der Waals surface area contributed by atoms with Crippen molar-refractivity contribution in [2.75, 3.05) is 5.73 Å². The molecule has 0 fully saturated rings. The van der Waals surface area contributed by atoms with E-state index in [1.54, 1.807) is 24.3 Å². The summed E-state index contributed by atoms with van der Waals surface area (Å²) in [5.41, 5.74) is 5.99. The second kappa shape index (κ2) is 3.55. The number of nitrogen functional groups attached to an aromatic ring is 1. The predicted octanol–water partition coefficient (Wildman–Crippen LogP) is 1.35. The minimum Gasteiger partial charge on any atom is -0.374 e. The first kappa shape index (κ1) is 8.83. The van der Waals surface area contributed by atoms with Crippen molar-refractivity contribution in [3.05, 3.63) is 40.9 Å².